The highest BCUT2D eigenvalue weighted by molar-refractivity contribution is 5.10. The molecular formula is C8H14O4. The predicted molar refractivity (Wildman–Crippen MR) is 42.6 cm³/mol. The Morgan fingerprint density at radius 2 is 1.83 bits per heavy atom. The van der Waals surface area contributed by atoms with Crippen molar-refractivity contribution in [3.63, 3.8) is 0 Å². The van der Waals surface area contributed by atoms with Crippen LogP contribution in [-0.4, -0.2) is 39.5 Å². The summed E-state index contributed by atoms with van der Waals surface area (Å²) < 4.78 is 20.6. The van der Waals surface area contributed by atoms with E-state index >= 15 is 0 Å². The second-order valence-electron chi connectivity index (χ2n) is 2.55. The summed E-state index contributed by atoms with van der Waals surface area (Å²) in [5.41, 5.74) is -0.684. The lowest BCUT2D eigenvalue weighted by atomic mass is 9.96. The summed E-state index contributed by atoms with van der Waals surface area (Å²) in [6.45, 7) is 4.05. The van der Waals surface area contributed by atoms with Crippen molar-refractivity contribution in [3.8, 4) is 0 Å². The van der Waals surface area contributed by atoms with Crippen molar-refractivity contribution in [1.29, 1.82) is 0 Å². The number of hydrogen-bond donors (Lipinski definition) is 0. The number of ether oxygens (including phenoxy) is 4. The molecule has 0 aliphatic carbocycles. The number of rotatable bonds is 4. The Morgan fingerprint density at radius 1 is 1.25 bits per heavy atom. The quantitative estimate of drug-likeness (QED) is 0.460. The average molecular weight is 174 g/mol. The molecule has 0 amide bonds. The van der Waals surface area contributed by atoms with Crippen molar-refractivity contribution in [3.05, 3.63) is 12.7 Å². The molecule has 1 aliphatic rings. The van der Waals surface area contributed by atoms with Gasteiger partial charge in [-0.2, -0.15) is 0 Å². The van der Waals surface area contributed by atoms with Gasteiger partial charge in [0.05, 0.1) is 6.61 Å². The van der Waals surface area contributed by atoms with Gasteiger partial charge in [-0.3, -0.25) is 0 Å². The minimum absolute atomic E-state index is 0.397. The highest BCUT2D eigenvalue weighted by Crippen LogP contribution is 2.41. The maximum Gasteiger partial charge on any atom is 0.319 e. The molecule has 0 N–H and O–H groups in total. The van der Waals surface area contributed by atoms with Crippen molar-refractivity contribution in [2.45, 2.75) is 11.6 Å². The molecule has 1 heterocycles. The third kappa shape index (κ3) is 0.927. The normalized spacial score (nSPS) is 32.6. The molecule has 12 heavy (non-hydrogen) atoms. The molecule has 0 aromatic rings. The summed E-state index contributed by atoms with van der Waals surface area (Å²) in [5.74, 6) is -1.12. The lowest BCUT2D eigenvalue weighted by Gasteiger charge is -2.52. The minimum atomic E-state index is -1.12. The zero-order valence-corrected chi connectivity index (χ0v) is 7.62. The van der Waals surface area contributed by atoms with Crippen LogP contribution in [0.25, 0.3) is 0 Å². The van der Waals surface area contributed by atoms with Crippen molar-refractivity contribution in [1.82, 2.24) is 0 Å². The minimum Gasteiger partial charge on any atom is -0.363 e. The molecule has 1 saturated heterocycles. The van der Waals surface area contributed by atoms with Crippen LogP contribution in [-0.2, 0) is 18.9 Å². The van der Waals surface area contributed by atoms with Crippen LogP contribution in [0.4, 0.5) is 0 Å². The van der Waals surface area contributed by atoms with E-state index in [1.54, 1.807) is 13.2 Å². The Kier molecular flexibility index (Phi) is 2.53. The van der Waals surface area contributed by atoms with Crippen LogP contribution in [0, 0.1) is 0 Å². The summed E-state index contributed by atoms with van der Waals surface area (Å²) >= 11 is 0. The van der Waals surface area contributed by atoms with Crippen LogP contribution in [0.1, 0.15) is 0 Å². The van der Waals surface area contributed by atoms with Crippen LogP contribution in [0.5, 0.6) is 0 Å². The first kappa shape index (κ1) is 9.67. The van der Waals surface area contributed by atoms with E-state index < -0.39 is 11.6 Å². The Labute approximate surface area is 72.1 Å². The highest BCUT2D eigenvalue weighted by atomic mass is 16.9. The first-order valence-electron chi connectivity index (χ1n) is 3.63. The van der Waals surface area contributed by atoms with E-state index in [4.69, 9.17) is 18.9 Å². The summed E-state index contributed by atoms with van der Waals surface area (Å²) in [4.78, 5) is 0. The van der Waals surface area contributed by atoms with Crippen molar-refractivity contribution in [2.24, 2.45) is 0 Å². The van der Waals surface area contributed by atoms with Gasteiger partial charge in [-0.1, -0.05) is 6.58 Å². The van der Waals surface area contributed by atoms with E-state index in [-0.39, 0.29) is 0 Å². The van der Waals surface area contributed by atoms with Gasteiger partial charge >= 0.3 is 5.97 Å². The third-order valence-electron chi connectivity index (χ3n) is 2.23. The van der Waals surface area contributed by atoms with E-state index in [9.17, 15) is 0 Å². The summed E-state index contributed by atoms with van der Waals surface area (Å²) in [7, 11) is 4.57. The molecule has 0 aromatic carbocycles. The Balaban J connectivity index is 2.84. The largest absolute Gasteiger partial charge is 0.363 e. The van der Waals surface area contributed by atoms with E-state index in [0.717, 1.165) is 0 Å². The molecule has 0 saturated carbocycles. The molecule has 0 bridgehead atoms. The Bertz CT molecular complexity index is 166. The predicted octanol–water partition coefficient (Wildman–Crippen LogP) is 0.534. The molecule has 4 nitrogen and oxygen atoms in total. The fourth-order valence-corrected chi connectivity index (χ4v) is 1.33. The smallest absolute Gasteiger partial charge is 0.319 e. The van der Waals surface area contributed by atoms with Gasteiger partial charge < -0.3 is 18.9 Å². The van der Waals surface area contributed by atoms with Gasteiger partial charge in [0.2, 0.25) is 0 Å². The molecule has 4 heteroatoms. The standard InChI is InChI=1S/C8H14O4/c1-5-7(9-2)6-12-8(7,10-3)11-4/h5H,1,6H2,2-4H3. The molecule has 0 aromatic heterocycles. The SMILES string of the molecule is C=CC1(OC)COC1(OC)OC. The van der Waals surface area contributed by atoms with Gasteiger partial charge in [-0.05, 0) is 6.08 Å². The number of hydrogen-bond acceptors (Lipinski definition) is 4. The zero-order valence-electron chi connectivity index (χ0n) is 7.62. The van der Waals surface area contributed by atoms with E-state index in [2.05, 4.69) is 6.58 Å². The van der Waals surface area contributed by atoms with Crippen LogP contribution < -0.4 is 0 Å². The summed E-state index contributed by atoms with van der Waals surface area (Å²) in [6, 6.07) is 0. The lowest BCUT2D eigenvalue weighted by molar-refractivity contribution is -0.491. The molecule has 1 fully saturated rings. The molecular weight excluding hydrogens is 160 g/mol. The monoisotopic (exact) mass is 174 g/mol. The third-order valence-corrected chi connectivity index (χ3v) is 2.23. The topological polar surface area (TPSA) is 36.9 Å². The second kappa shape index (κ2) is 3.14. The highest BCUT2D eigenvalue weighted by Gasteiger charge is 2.62. The zero-order chi connectivity index (χ0) is 9.24. The maximum atomic E-state index is 5.23. The van der Waals surface area contributed by atoms with Gasteiger partial charge in [0.1, 0.15) is 0 Å². The first-order chi connectivity index (χ1) is 5.70. The molecule has 1 atom stereocenters. The molecule has 1 aliphatic heterocycles. The van der Waals surface area contributed by atoms with Crippen LogP contribution in [0.2, 0.25) is 0 Å². The van der Waals surface area contributed by atoms with Gasteiger partial charge in [0, 0.05) is 21.3 Å². The van der Waals surface area contributed by atoms with Crippen molar-refractivity contribution >= 4 is 0 Å². The van der Waals surface area contributed by atoms with Crippen molar-refractivity contribution < 1.29 is 18.9 Å². The van der Waals surface area contributed by atoms with Crippen LogP contribution in [0.15, 0.2) is 12.7 Å². The van der Waals surface area contributed by atoms with Gasteiger partial charge in [-0.25, -0.2) is 0 Å². The molecule has 1 rings (SSSR count). The first-order valence-corrected chi connectivity index (χ1v) is 3.63. The fraction of sp³-hybridized carbons (Fsp3) is 0.750. The average Bonchev–Trinajstić information content (AvgIpc) is 2.08. The molecule has 1 unspecified atom stereocenters. The van der Waals surface area contributed by atoms with E-state index in [1.807, 2.05) is 0 Å². The van der Waals surface area contributed by atoms with Crippen LogP contribution >= 0.6 is 0 Å². The Morgan fingerprint density at radius 3 is 1.92 bits per heavy atom. The second-order valence-corrected chi connectivity index (χ2v) is 2.55. The fourth-order valence-electron chi connectivity index (χ4n) is 1.33. The van der Waals surface area contributed by atoms with Gasteiger partial charge in [-0.15, -0.1) is 0 Å². The molecule has 0 radical (unpaired) electrons. The van der Waals surface area contributed by atoms with Crippen LogP contribution in [0.3, 0.4) is 0 Å². The summed E-state index contributed by atoms with van der Waals surface area (Å²) in [6.07, 6.45) is 1.63. The van der Waals surface area contributed by atoms with E-state index in [1.165, 1.54) is 14.2 Å². The van der Waals surface area contributed by atoms with Gasteiger partial charge in [0.25, 0.3) is 0 Å². The lowest BCUT2D eigenvalue weighted by Crippen LogP contribution is -2.70. The van der Waals surface area contributed by atoms with Gasteiger partial charge in [0.15, 0.2) is 5.60 Å². The van der Waals surface area contributed by atoms with E-state index in [0.29, 0.717) is 6.61 Å². The maximum absolute atomic E-state index is 5.23. The van der Waals surface area contributed by atoms with Crippen molar-refractivity contribution in [2.75, 3.05) is 27.9 Å². The molecule has 70 valence electrons. The molecule has 0 spiro atoms. The summed E-state index contributed by atoms with van der Waals surface area (Å²) in [5, 5.41) is 0. The Hall–Kier alpha value is -0.420. The number of methoxy groups -OCH3 is 3.